The van der Waals surface area contributed by atoms with E-state index in [1.807, 2.05) is 24.3 Å². The summed E-state index contributed by atoms with van der Waals surface area (Å²) in [6.07, 6.45) is 6.41. The Kier molecular flexibility index (Phi) is 6.04. The smallest absolute Gasteiger partial charge is 0.254 e. The highest BCUT2D eigenvalue weighted by Gasteiger charge is 2.29. The zero-order valence-electron chi connectivity index (χ0n) is 14.8. The lowest BCUT2D eigenvalue weighted by atomic mass is 10.1. The molecule has 1 aromatic heterocycles. The van der Waals surface area contributed by atoms with Crippen LogP contribution in [0.3, 0.4) is 0 Å². The predicted molar refractivity (Wildman–Crippen MR) is 107 cm³/mol. The molecule has 1 N–H and O–H groups in total. The number of anilines is 1. The fourth-order valence-electron chi connectivity index (χ4n) is 2.92. The highest BCUT2D eigenvalue weighted by atomic mass is 35.5. The summed E-state index contributed by atoms with van der Waals surface area (Å²) in [6.45, 7) is 4.44. The summed E-state index contributed by atoms with van der Waals surface area (Å²) >= 11 is 6.17. The SMILES string of the molecule is C=C1CC(=Cc2ccccc2Cl)C(=O)N1CCCC(=O)Nc1cccnc1. The Balaban J connectivity index is 1.55. The second kappa shape index (κ2) is 8.64. The Morgan fingerprint density at radius 1 is 1.30 bits per heavy atom. The predicted octanol–water partition coefficient (Wildman–Crippen LogP) is 4.28. The van der Waals surface area contributed by atoms with Gasteiger partial charge in [-0.2, -0.15) is 0 Å². The van der Waals surface area contributed by atoms with Crippen molar-refractivity contribution in [2.24, 2.45) is 0 Å². The lowest BCUT2D eigenvalue weighted by molar-refractivity contribution is -0.124. The van der Waals surface area contributed by atoms with Crippen molar-refractivity contribution in [3.8, 4) is 0 Å². The molecule has 0 radical (unpaired) electrons. The number of allylic oxidation sites excluding steroid dienone is 1. The molecule has 1 aromatic carbocycles. The van der Waals surface area contributed by atoms with Gasteiger partial charge in [-0.3, -0.25) is 14.6 Å². The number of nitrogens with zero attached hydrogens (tertiary/aromatic N) is 2. The summed E-state index contributed by atoms with van der Waals surface area (Å²) in [4.78, 5) is 30.2. The molecule has 3 rings (SSSR count). The van der Waals surface area contributed by atoms with Gasteiger partial charge in [-0.15, -0.1) is 0 Å². The topological polar surface area (TPSA) is 62.3 Å². The van der Waals surface area contributed by atoms with Gasteiger partial charge in [0.05, 0.1) is 11.9 Å². The molecule has 0 bridgehead atoms. The Bertz CT molecular complexity index is 893. The molecule has 2 heterocycles. The van der Waals surface area contributed by atoms with Crippen LogP contribution in [0, 0.1) is 0 Å². The van der Waals surface area contributed by atoms with Crippen LogP contribution in [0.5, 0.6) is 0 Å². The first-order valence-electron chi connectivity index (χ1n) is 8.69. The van der Waals surface area contributed by atoms with E-state index in [9.17, 15) is 9.59 Å². The van der Waals surface area contributed by atoms with Crippen molar-refractivity contribution < 1.29 is 9.59 Å². The summed E-state index contributed by atoms with van der Waals surface area (Å²) in [5.41, 5.74) is 2.88. The third kappa shape index (κ3) is 4.83. The second-order valence-electron chi connectivity index (χ2n) is 6.28. The maximum atomic E-state index is 12.6. The standard InChI is InChI=1S/C21H20ClN3O2/c1-15-12-17(13-16-6-2-3-8-19(16)22)21(27)25(15)11-5-9-20(26)24-18-7-4-10-23-14-18/h2-4,6-8,10,13-14H,1,5,9,11-12H2,(H,24,26). The molecule has 0 aliphatic carbocycles. The number of carbonyl (C=O) groups excluding carboxylic acids is 2. The van der Waals surface area contributed by atoms with Crippen LogP contribution in [0.2, 0.25) is 5.02 Å². The Morgan fingerprint density at radius 3 is 2.85 bits per heavy atom. The minimum Gasteiger partial charge on any atom is -0.325 e. The van der Waals surface area contributed by atoms with Gasteiger partial charge in [0.25, 0.3) is 5.91 Å². The van der Waals surface area contributed by atoms with Crippen LogP contribution in [0.25, 0.3) is 6.08 Å². The minimum absolute atomic E-state index is 0.0763. The van der Waals surface area contributed by atoms with Crippen LogP contribution in [0.1, 0.15) is 24.8 Å². The van der Waals surface area contributed by atoms with E-state index in [1.54, 1.807) is 35.5 Å². The average molecular weight is 382 g/mol. The molecule has 138 valence electrons. The number of hydrogen-bond acceptors (Lipinski definition) is 3. The molecule has 1 aliphatic heterocycles. The summed E-state index contributed by atoms with van der Waals surface area (Å²) in [5.74, 6) is -0.181. The number of hydrogen-bond donors (Lipinski definition) is 1. The van der Waals surface area contributed by atoms with E-state index in [1.165, 1.54) is 0 Å². The monoisotopic (exact) mass is 381 g/mol. The number of likely N-dealkylation sites (tertiary alicyclic amines) is 1. The van der Waals surface area contributed by atoms with Gasteiger partial charge < -0.3 is 10.2 Å². The number of halogens is 1. The number of pyridine rings is 1. The van der Waals surface area contributed by atoms with E-state index < -0.39 is 0 Å². The molecule has 0 unspecified atom stereocenters. The van der Waals surface area contributed by atoms with Crippen LogP contribution in [-0.2, 0) is 9.59 Å². The molecule has 27 heavy (non-hydrogen) atoms. The minimum atomic E-state index is -0.105. The van der Waals surface area contributed by atoms with Crippen LogP contribution >= 0.6 is 11.6 Å². The fourth-order valence-corrected chi connectivity index (χ4v) is 3.11. The molecule has 1 aliphatic rings. The first-order chi connectivity index (χ1) is 13.0. The van der Waals surface area contributed by atoms with E-state index in [0.29, 0.717) is 42.1 Å². The Hall–Kier alpha value is -2.92. The van der Waals surface area contributed by atoms with Gasteiger partial charge in [0.15, 0.2) is 0 Å². The van der Waals surface area contributed by atoms with Crippen molar-refractivity contribution in [3.05, 3.63) is 77.2 Å². The van der Waals surface area contributed by atoms with Gasteiger partial charge in [0, 0.05) is 41.9 Å². The summed E-state index contributed by atoms with van der Waals surface area (Å²) in [6, 6.07) is 10.9. The normalized spacial score (nSPS) is 15.4. The van der Waals surface area contributed by atoms with Crippen LogP contribution in [0.15, 0.2) is 66.6 Å². The van der Waals surface area contributed by atoms with E-state index in [-0.39, 0.29) is 11.8 Å². The van der Waals surface area contributed by atoms with E-state index in [4.69, 9.17) is 11.6 Å². The lowest BCUT2D eigenvalue weighted by Crippen LogP contribution is -2.25. The van der Waals surface area contributed by atoms with Crippen LogP contribution in [-0.4, -0.2) is 28.2 Å². The molecule has 2 aromatic rings. The largest absolute Gasteiger partial charge is 0.325 e. The van der Waals surface area contributed by atoms with Gasteiger partial charge in [-0.25, -0.2) is 0 Å². The van der Waals surface area contributed by atoms with Gasteiger partial charge in [-0.1, -0.05) is 36.4 Å². The summed E-state index contributed by atoms with van der Waals surface area (Å²) in [7, 11) is 0. The number of nitrogens with one attached hydrogen (secondary N) is 1. The Morgan fingerprint density at radius 2 is 2.11 bits per heavy atom. The quantitative estimate of drug-likeness (QED) is 0.759. The summed E-state index contributed by atoms with van der Waals surface area (Å²) < 4.78 is 0. The number of amides is 2. The highest BCUT2D eigenvalue weighted by molar-refractivity contribution is 6.32. The molecular formula is C21H20ClN3O2. The van der Waals surface area contributed by atoms with E-state index >= 15 is 0 Å². The molecule has 5 nitrogen and oxygen atoms in total. The third-order valence-electron chi connectivity index (χ3n) is 4.26. The maximum Gasteiger partial charge on any atom is 0.254 e. The highest BCUT2D eigenvalue weighted by Crippen LogP contribution is 2.29. The molecule has 1 saturated heterocycles. The van der Waals surface area contributed by atoms with E-state index in [2.05, 4.69) is 16.9 Å². The van der Waals surface area contributed by atoms with Crippen molar-refractivity contribution in [1.82, 2.24) is 9.88 Å². The number of benzene rings is 1. The lowest BCUT2D eigenvalue weighted by Gasteiger charge is -2.16. The number of aromatic nitrogens is 1. The molecule has 0 atom stereocenters. The number of carbonyl (C=O) groups is 2. The molecule has 0 saturated carbocycles. The van der Waals surface area contributed by atoms with Gasteiger partial charge in [-0.05, 0) is 36.3 Å². The van der Waals surface area contributed by atoms with Crippen LogP contribution < -0.4 is 5.32 Å². The molecular weight excluding hydrogens is 362 g/mol. The maximum absolute atomic E-state index is 12.6. The zero-order valence-corrected chi connectivity index (χ0v) is 15.6. The summed E-state index contributed by atoms with van der Waals surface area (Å²) in [5, 5.41) is 3.39. The van der Waals surface area contributed by atoms with E-state index in [0.717, 1.165) is 11.3 Å². The number of rotatable bonds is 6. The van der Waals surface area contributed by atoms with Crippen molar-refractivity contribution >= 4 is 35.2 Å². The van der Waals surface area contributed by atoms with Gasteiger partial charge in [0.1, 0.15) is 0 Å². The van der Waals surface area contributed by atoms with Crippen molar-refractivity contribution in [2.45, 2.75) is 19.3 Å². The Labute approximate surface area is 163 Å². The van der Waals surface area contributed by atoms with Gasteiger partial charge in [0.2, 0.25) is 5.91 Å². The molecule has 1 fully saturated rings. The molecule has 0 spiro atoms. The molecule has 6 heteroatoms. The first kappa shape index (κ1) is 18.9. The third-order valence-corrected chi connectivity index (χ3v) is 4.61. The van der Waals surface area contributed by atoms with Gasteiger partial charge >= 0.3 is 0 Å². The van der Waals surface area contributed by atoms with Crippen molar-refractivity contribution in [3.63, 3.8) is 0 Å². The molecule has 2 amide bonds. The zero-order chi connectivity index (χ0) is 19.2. The van der Waals surface area contributed by atoms with Crippen LogP contribution in [0.4, 0.5) is 5.69 Å². The van der Waals surface area contributed by atoms with Crippen molar-refractivity contribution in [2.75, 3.05) is 11.9 Å². The average Bonchev–Trinajstić information content (AvgIpc) is 2.92. The first-order valence-corrected chi connectivity index (χ1v) is 9.07. The fraction of sp³-hybridized carbons (Fsp3) is 0.190. The van der Waals surface area contributed by atoms with Crippen molar-refractivity contribution in [1.29, 1.82) is 0 Å². The second-order valence-corrected chi connectivity index (χ2v) is 6.69.